The van der Waals surface area contributed by atoms with E-state index in [0.29, 0.717) is 17.6 Å². The van der Waals surface area contributed by atoms with Gasteiger partial charge in [-0.1, -0.05) is 31.2 Å². The van der Waals surface area contributed by atoms with Gasteiger partial charge in [-0.05, 0) is 49.3 Å². The third kappa shape index (κ3) is 3.91. The van der Waals surface area contributed by atoms with Crippen LogP contribution in [0.3, 0.4) is 0 Å². The van der Waals surface area contributed by atoms with E-state index < -0.39 is 0 Å². The number of hydrogen-bond donors (Lipinski definition) is 1. The summed E-state index contributed by atoms with van der Waals surface area (Å²) in [5.74, 6) is 1.76. The van der Waals surface area contributed by atoms with E-state index in [-0.39, 0.29) is 6.03 Å². The van der Waals surface area contributed by atoms with Gasteiger partial charge in [-0.3, -0.25) is 5.32 Å². The van der Waals surface area contributed by atoms with Crippen LogP contribution in [0.15, 0.2) is 36.5 Å². The second kappa shape index (κ2) is 7.43. The van der Waals surface area contributed by atoms with Gasteiger partial charge in [-0.15, -0.1) is 0 Å². The minimum Gasteiger partial charge on any atom is -0.324 e. The van der Waals surface area contributed by atoms with Gasteiger partial charge in [0, 0.05) is 19.3 Å². The number of aromatic nitrogens is 2. The van der Waals surface area contributed by atoms with Crippen molar-refractivity contribution in [2.75, 3.05) is 18.4 Å². The number of carbonyl (C=O) groups is 1. The molecule has 5 nitrogen and oxygen atoms in total. The number of hydrogen-bond acceptors (Lipinski definition) is 3. The standard InChI is InChI=1S/C19H24N4O/c1-3-15-4-6-16(7-5-15)17-9-12-23(13-10-17)19(24)22-18-8-11-20-14(2)21-18/h4-8,11,17H,3,9-10,12-13H2,1-2H3,(H,20,21,22,24). The van der Waals surface area contributed by atoms with E-state index in [1.807, 2.05) is 11.8 Å². The SMILES string of the molecule is CCc1ccc(C2CCN(C(=O)Nc3ccnc(C)n3)CC2)cc1. The molecule has 0 unspecified atom stereocenters. The van der Waals surface area contributed by atoms with Crippen LogP contribution in [0.25, 0.3) is 0 Å². The zero-order valence-electron chi connectivity index (χ0n) is 14.3. The number of aryl methyl sites for hydroxylation is 2. The molecule has 0 bridgehead atoms. The van der Waals surface area contributed by atoms with Crippen molar-refractivity contribution in [1.82, 2.24) is 14.9 Å². The molecule has 24 heavy (non-hydrogen) atoms. The van der Waals surface area contributed by atoms with Gasteiger partial charge in [0.1, 0.15) is 11.6 Å². The second-order valence-corrected chi connectivity index (χ2v) is 6.28. The highest BCUT2D eigenvalue weighted by molar-refractivity contribution is 5.88. The molecule has 0 saturated carbocycles. The third-order valence-electron chi connectivity index (χ3n) is 4.65. The summed E-state index contributed by atoms with van der Waals surface area (Å²) in [6.07, 6.45) is 4.73. The molecular weight excluding hydrogens is 300 g/mol. The Morgan fingerprint density at radius 2 is 1.92 bits per heavy atom. The molecule has 0 aliphatic carbocycles. The van der Waals surface area contributed by atoms with E-state index in [1.165, 1.54) is 11.1 Å². The Labute approximate surface area is 143 Å². The first-order chi connectivity index (χ1) is 11.7. The predicted molar refractivity (Wildman–Crippen MR) is 95.2 cm³/mol. The zero-order chi connectivity index (χ0) is 16.9. The van der Waals surface area contributed by atoms with Gasteiger partial charge in [0.25, 0.3) is 0 Å². The first kappa shape index (κ1) is 16.4. The van der Waals surface area contributed by atoms with Crippen molar-refractivity contribution in [3.63, 3.8) is 0 Å². The Kier molecular flexibility index (Phi) is 5.08. The summed E-state index contributed by atoms with van der Waals surface area (Å²) in [5.41, 5.74) is 2.76. The Bertz CT molecular complexity index is 691. The van der Waals surface area contributed by atoms with Gasteiger partial charge in [0.05, 0.1) is 0 Å². The molecule has 1 saturated heterocycles. The molecule has 1 aromatic carbocycles. The topological polar surface area (TPSA) is 58.1 Å². The predicted octanol–water partition coefficient (Wildman–Crippen LogP) is 3.76. The van der Waals surface area contributed by atoms with Crippen molar-refractivity contribution >= 4 is 11.8 Å². The van der Waals surface area contributed by atoms with Crippen LogP contribution in [0.2, 0.25) is 0 Å². The fourth-order valence-corrected chi connectivity index (χ4v) is 3.16. The van der Waals surface area contributed by atoms with Crippen LogP contribution in [0.4, 0.5) is 10.6 Å². The normalized spacial score (nSPS) is 15.3. The summed E-state index contributed by atoms with van der Waals surface area (Å²) in [7, 11) is 0. The van der Waals surface area contributed by atoms with Gasteiger partial charge in [0.2, 0.25) is 0 Å². The first-order valence-corrected chi connectivity index (χ1v) is 8.60. The molecule has 5 heteroatoms. The number of rotatable bonds is 3. The molecule has 1 aliphatic rings. The van der Waals surface area contributed by atoms with Crippen molar-refractivity contribution < 1.29 is 4.79 Å². The van der Waals surface area contributed by atoms with Gasteiger partial charge in [0.15, 0.2) is 0 Å². The van der Waals surface area contributed by atoms with Gasteiger partial charge >= 0.3 is 6.03 Å². The number of urea groups is 1. The summed E-state index contributed by atoms with van der Waals surface area (Å²) >= 11 is 0. The highest BCUT2D eigenvalue weighted by Gasteiger charge is 2.24. The van der Waals surface area contributed by atoms with E-state index in [9.17, 15) is 4.79 Å². The number of likely N-dealkylation sites (tertiary alicyclic amines) is 1. The number of nitrogens with one attached hydrogen (secondary N) is 1. The molecule has 0 spiro atoms. The zero-order valence-corrected chi connectivity index (χ0v) is 14.3. The summed E-state index contributed by atoms with van der Waals surface area (Å²) in [5, 5.41) is 2.86. The number of nitrogens with zero attached hydrogens (tertiary/aromatic N) is 3. The summed E-state index contributed by atoms with van der Waals surface area (Å²) < 4.78 is 0. The molecule has 1 aromatic heterocycles. The lowest BCUT2D eigenvalue weighted by atomic mass is 9.89. The van der Waals surface area contributed by atoms with Crippen LogP contribution in [0.5, 0.6) is 0 Å². The average Bonchev–Trinajstić information content (AvgIpc) is 2.62. The molecule has 0 atom stereocenters. The number of anilines is 1. The highest BCUT2D eigenvalue weighted by Crippen LogP contribution is 2.28. The quantitative estimate of drug-likeness (QED) is 0.935. The van der Waals surface area contributed by atoms with E-state index >= 15 is 0 Å². The summed E-state index contributed by atoms with van der Waals surface area (Å²) in [6, 6.07) is 10.5. The van der Waals surface area contributed by atoms with Crippen LogP contribution in [-0.4, -0.2) is 34.0 Å². The lowest BCUT2D eigenvalue weighted by Gasteiger charge is -2.32. The maximum absolute atomic E-state index is 12.4. The van der Waals surface area contributed by atoms with Gasteiger partial charge in [-0.25, -0.2) is 14.8 Å². The van der Waals surface area contributed by atoms with Crippen molar-refractivity contribution in [1.29, 1.82) is 0 Å². The molecule has 1 N–H and O–H groups in total. The van der Waals surface area contributed by atoms with Crippen LogP contribution >= 0.6 is 0 Å². The summed E-state index contributed by atoms with van der Waals surface area (Å²) in [4.78, 5) is 22.5. The van der Waals surface area contributed by atoms with Crippen LogP contribution in [0, 0.1) is 6.92 Å². The Hall–Kier alpha value is -2.43. The first-order valence-electron chi connectivity index (χ1n) is 8.60. The van der Waals surface area contributed by atoms with Crippen molar-refractivity contribution in [3.8, 4) is 0 Å². The van der Waals surface area contributed by atoms with Crippen molar-refractivity contribution in [2.24, 2.45) is 0 Å². The second-order valence-electron chi connectivity index (χ2n) is 6.28. The number of piperidine rings is 1. The van der Waals surface area contributed by atoms with Crippen LogP contribution < -0.4 is 5.32 Å². The molecule has 3 rings (SSSR count). The van der Waals surface area contributed by atoms with Gasteiger partial charge in [-0.2, -0.15) is 0 Å². The molecule has 2 heterocycles. The maximum atomic E-state index is 12.4. The van der Waals surface area contributed by atoms with Crippen molar-refractivity contribution in [2.45, 2.75) is 39.0 Å². The average molecular weight is 324 g/mol. The fourth-order valence-electron chi connectivity index (χ4n) is 3.16. The van der Waals surface area contributed by atoms with E-state index in [4.69, 9.17) is 0 Å². The molecule has 2 aromatic rings. The van der Waals surface area contributed by atoms with Gasteiger partial charge < -0.3 is 4.90 Å². The van der Waals surface area contributed by atoms with E-state index in [2.05, 4.69) is 46.5 Å². The monoisotopic (exact) mass is 324 g/mol. The van der Waals surface area contributed by atoms with Crippen molar-refractivity contribution in [3.05, 3.63) is 53.5 Å². The molecular formula is C19H24N4O. The lowest BCUT2D eigenvalue weighted by molar-refractivity contribution is 0.194. The largest absolute Gasteiger partial charge is 0.324 e. The van der Waals surface area contributed by atoms with E-state index in [1.54, 1.807) is 12.3 Å². The third-order valence-corrected chi connectivity index (χ3v) is 4.65. The maximum Gasteiger partial charge on any atom is 0.323 e. The van der Waals surface area contributed by atoms with Crippen LogP contribution in [-0.2, 0) is 6.42 Å². The minimum atomic E-state index is -0.0760. The number of benzene rings is 1. The molecule has 2 amide bonds. The lowest BCUT2D eigenvalue weighted by Crippen LogP contribution is -2.40. The molecule has 1 aliphatic heterocycles. The fraction of sp³-hybridized carbons (Fsp3) is 0.421. The Morgan fingerprint density at radius 3 is 2.54 bits per heavy atom. The molecule has 1 fully saturated rings. The Morgan fingerprint density at radius 1 is 1.21 bits per heavy atom. The molecule has 0 radical (unpaired) electrons. The smallest absolute Gasteiger partial charge is 0.323 e. The highest BCUT2D eigenvalue weighted by atomic mass is 16.2. The minimum absolute atomic E-state index is 0.0760. The Balaban J connectivity index is 1.55. The number of amides is 2. The van der Waals surface area contributed by atoms with Crippen LogP contribution in [0.1, 0.15) is 42.6 Å². The molecule has 126 valence electrons. The summed E-state index contributed by atoms with van der Waals surface area (Å²) in [6.45, 7) is 5.53. The van der Waals surface area contributed by atoms with E-state index in [0.717, 1.165) is 32.4 Å². The number of carbonyl (C=O) groups excluding carboxylic acids is 1.